The molecule has 0 aromatic heterocycles. The van der Waals surface area contributed by atoms with Crippen LogP contribution in [-0.2, 0) is 6.18 Å². The Labute approximate surface area is 117 Å². The predicted molar refractivity (Wildman–Crippen MR) is 68.5 cm³/mol. The molecule has 0 radical (unpaired) electrons. The van der Waals surface area contributed by atoms with Crippen molar-refractivity contribution in [3.05, 3.63) is 58.9 Å². The normalized spacial score (nSPS) is 11.5. The number of carbonyl (C=O) groups is 1. The van der Waals surface area contributed by atoms with E-state index in [2.05, 4.69) is 0 Å². The van der Waals surface area contributed by atoms with E-state index in [1.807, 2.05) is 0 Å². The Morgan fingerprint density at radius 3 is 2.24 bits per heavy atom. The minimum atomic E-state index is -4.48. The largest absolute Gasteiger partial charge is 0.478 e. The van der Waals surface area contributed by atoms with E-state index in [1.165, 1.54) is 6.92 Å². The van der Waals surface area contributed by atoms with Crippen LogP contribution in [0.25, 0.3) is 11.1 Å². The highest BCUT2D eigenvalue weighted by Crippen LogP contribution is 2.34. The highest BCUT2D eigenvalue weighted by Gasteiger charge is 2.30. The van der Waals surface area contributed by atoms with Crippen molar-refractivity contribution in [1.29, 1.82) is 0 Å². The summed E-state index contributed by atoms with van der Waals surface area (Å²) in [7, 11) is 0. The fourth-order valence-electron chi connectivity index (χ4n) is 2.01. The number of rotatable bonds is 2. The van der Waals surface area contributed by atoms with Crippen LogP contribution in [0.3, 0.4) is 0 Å². The zero-order valence-corrected chi connectivity index (χ0v) is 10.8. The van der Waals surface area contributed by atoms with Gasteiger partial charge in [0.05, 0.1) is 11.1 Å². The lowest BCUT2D eigenvalue weighted by Gasteiger charge is -2.12. The fraction of sp³-hybridized carbons (Fsp3) is 0.133. The maximum absolute atomic E-state index is 13.8. The third kappa shape index (κ3) is 3.04. The first-order valence-corrected chi connectivity index (χ1v) is 5.91. The zero-order valence-electron chi connectivity index (χ0n) is 10.8. The molecule has 0 amide bonds. The molecule has 0 aliphatic rings. The molecule has 0 heterocycles. The van der Waals surface area contributed by atoms with Crippen LogP contribution in [0.1, 0.15) is 21.5 Å². The second kappa shape index (κ2) is 5.20. The van der Waals surface area contributed by atoms with Gasteiger partial charge in [-0.05, 0) is 48.4 Å². The van der Waals surface area contributed by atoms with E-state index < -0.39 is 23.5 Å². The quantitative estimate of drug-likeness (QED) is 0.828. The van der Waals surface area contributed by atoms with Crippen molar-refractivity contribution in [2.24, 2.45) is 0 Å². The Balaban J connectivity index is 2.57. The number of aryl methyl sites for hydroxylation is 1. The lowest BCUT2D eigenvalue weighted by atomic mass is 9.96. The molecule has 21 heavy (non-hydrogen) atoms. The number of benzene rings is 2. The van der Waals surface area contributed by atoms with Gasteiger partial charge in [-0.15, -0.1) is 0 Å². The van der Waals surface area contributed by atoms with E-state index >= 15 is 0 Å². The molecule has 2 aromatic rings. The smallest absolute Gasteiger partial charge is 0.416 e. The average Bonchev–Trinajstić information content (AvgIpc) is 2.38. The lowest BCUT2D eigenvalue weighted by Crippen LogP contribution is -2.05. The second-order valence-electron chi connectivity index (χ2n) is 4.53. The molecule has 6 heteroatoms. The zero-order chi connectivity index (χ0) is 15.8. The highest BCUT2D eigenvalue weighted by molar-refractivity contribution is 5.89. The molecule has 0 aliphatic carbocycles. The topological polar surface area (TPSA) is 37.3 Å². The van der Waals surface area contributed by atoms with E-state index in [0.717, 1.165) is 36.4 Å². The summed E-state index contributed by atoms with van der Waals surface area (Å²) in [4.78, 5) is 10.9. The maximum Gasteiger partial charge on any atom is 0.416 e. The second-order valence-corrected chi connectivity index (χ2v) is 4.53. The van der Waals surface area contributed by atoms with Gasteiger partial charge in [0.1, 0.15) is 5.82 Å². The van der Waals surface area contributed by atoms with Crippen LogP contribution in [0.2, 0.25) is 0 Å². The average molecular weight is 298 g/mol. The summed E-state index contributed by atoms with van der Waals surface area (Å²) in [5, 5.41) is 8.90. The fourth-order valence-corrected chi connectivity index (χ4v) is 2.01. The number of carboxylic acids is 1. The van der Waals surface area contributed by atoms with Gasteiger partial charge in [-0.3, -0.25) is 0 Å². The molecular formula is C15H10F4O2. The van der Waals surface area contributed by atoms with Crippen LogP contribution < -0.4 is 0 Å². The van der Waals surface area contributed by atoms with Crippen LogP contribution >= 0.6 is 0 Å². The molecule has 0 fully saturated rings. The van der Waals surface area contributed by atoms with E-state index in [9.17, 15) is 22.4 Å². The summed E-state index contributed by atoms with van der Waals surface area (Å²) in [6, 6.07) is 6.07. The van der Waals surface area contributed by atoms with Gasteiger partial charge in [-0.25, -0.2) is 9.18 Å². The monoisotopic (exact) mass is 298 g/mol. The Hall–Kier alpha value is -2.37. The Morgan fingerprint density at radius 2 is 1.71 bits per heavy atom. The molecule has 0 saturated carbocycles. The first-order chi connectivity index (χ1) is 9.70. The van der Waals surface area contributed by atoms with E-state index in [-0.39, 0.29) is 22.3 Å². The molecule has 0 aliphatic heterocycles. The first kappa shape index (κ1) is 15.0. The van der Waals surface area contributed by atoms with E-state index in [1.54, 1.807) is 0 Å². The summed E-state index contributed by atoms with van der Waals surface area (Å²) >= 11 is 0. The highest BCUT2D eigenvalue weighted by atomic mass is 19.4. The van der Waals surface area contributed by atoms with Crippen LogP contribution in [0.5, 0.6) is 0 Å². The third-order valence-corrected chi connectivity index (χ3v) is 3.06. The van der Waals surface area contributed by atoms with Crippen molar-refractivity contribution in [1.82, 2.24) is 0 Å². The molecule has 1 N–H and O–H groups in total. The van der Waals surface area contributed by atoms with Crippen LogP contribution in [0.15, 0.2) is 36.4 Å². The van der Waals surface area contributed by atoms with Gasteiger partial charge in [0.15, 0.2) is 0 Å². The number of hydrogen-bond acceptors (Lipinski definition) is 1. The number of alkyl halides is 3. The minimum absolute atomic E-state index is 0.0406. The molecule has 0 spiro atoms. The molecule has 2 rings (SSSR count). The lowest BCUT2D eigenvalue weighted by molar-refractivity contribution is -0.137. The van der Waals surface area contributed by atoms with Gasteiger partial charge in [0, 0.05) is 5.56 Å². The Morgan fingerprint density at radius 1 is 1.05 bits per heavy atom. The van der Waals surface area contributed by atoms with Crippen LogP contribution in [0.4, 0.5) is 17.6 Å². The molecule has 0 bridgehead atoms. The standard InChI is InChI=1S/C15H10F4O2/c1-8-6-10(15(17,18)19)3-4-11(8)12-7-9(14(20)21)2-5-13(12)16/h2-7H,1H3,(H,20,21). The summed E-state index contributed by atoms with van der Waals surface area (Å²) in [5.41, 5.74) is -0.569. The molecular weight excluding hydrogens is 288 g/mol. The molecule has 0 saturated heterocycles. The number of aromatic carboxylic acids is 1. The number of halogens is 4. The molecule has 2 aromatic carbocycles. The van der Waals surface area contributed by atoms with Crippen molar-refractivity contribution >= 4 is 5.97 Å². The van der Waals surface area contributed by atoms with E-state index in [0.29, 0.717) is 0 Å². The van der Waals surface area contributed by atoms with Gasteiger partial charge in [0.2, 0.25) is 0 Å². The van der Waals surface area contributed by atoms with Gasteiger partial charge >= 0.3 is 12.1 Å². The summed E-state index contributed by atoms with van der Waals surface area (Å²) in [6.45, 7) is 1.41. The summed E-state index contributed by atoms with van der Waals surface area (Å²) in [5.74, 6) is -1.93. The minimum Gasteiger partial charge on any atom is -0.478 e. The SMILES string of the molecule is Cc1cc(C(F)(F)F)ccc1-c1cc(C(=O)O)ccc1F. The molecule has 110 valence electrons. The summed E-state index contributed by atoms with van der Waals surface area (Å²) in [6.07, 6.45) is -4.48. The van der Waals surface area contributed by atoms with Gasteiger partial charge in [-0.1, -0.05) is 6.07 Å². The number of hydrogen-bond donors (Lipinski definition) is 1. The summed E-state index contributed by atoms with van der Waals surface area (Å²) < 4.78 is 51.6. The van der Waals surface area contributed by atoms with Crippen LogP contribution in [-0.4, -0.2) is 11.1 Å². The van der Waals surface area contributed by atoms with Crippen molar-refractivity contribution in [2.45, 2.75) is 13.1 Å². The van der Waals surface area contributed by atoms with Gasteiger partial charge in [0.25, 0.3) is 0 Å². The third-order valence-electron chi connectivity index (χ3n) is 3.06. The Kier molecular flexibility index (Phi) is 3.72. The number of carboxylic acid groups (broad SMARTS) is 1. The van der Waals surface area contributed by atoms with Gasteiger partial charge in [-0.2, -0.15) is 13.2 Å². The molecule has 0 unspecified atom stereocenters. The molecule has 0 atom stereocenters. The first-order valence-electron chi connectivity index (χ1n) is 5.91. The van der Waals surface area contributed by atoms with Gasteiger partial charge < -0.3 is 5.11 Å². The maximum atomic E-state index is 13.8. The van der Waals surface area contributed by atoms with Crippen molar-refractivity contribution < 1.29 is 27.5 Å². The van der Waals surface area contributed by atoms with Crippen molar-refractivity contribution in [3.8, 4) is 11.1 Å². The van der Waals surface area contributed by atoms with Crippen molar-refractivity contribution in [3.63, 3.8) is 0 Å². The molecule has 2 nitrogen and oxygen atoms in total. The predicted octanol–water partition coefficient (Wildman–Crippen LogP) is 4.52. The van der Waals surface area contributed by atoms with E-state index in [4.69, 9.17) is 5.11 Å². The van der Waals surface area contributed by atoms with Crippen LogP contribution in [0, 0.1) is 12.7 Å². The van der Waals surface area contributed by atoms with Crippen molar-refractivity contribution in [2.75, 3.05) is 0 Å². The Bertz CT molecular complexity index is 705.